The Morgan fingerprint density at radius 3 is 3.06 bits per heavy atom. The van der Waals surface area contributed by atoms with E-state index in [0.29, 0.717) is 12.5 Å². The normalized spacial score (nSPS) is 10.1. The third kappa shape index (κ3) is 3.29. The Bertz CT molecular complexity index is 496. The highest BCUT2D eigenvalue weighted by molar-refractivity contribution is 7.09. The molecule has 1 N–H and O–H groups in total. The standard InChI is InChI=1S/C12H11NO3S/c14-12(15)9-3-5-13-11(8-9)16-6-4-10-2-1-7-17-10/h1-3,5,7-8H,4,6H2,(H,14,15). The third-order valence-electron chi connectivity index (χ3n) is 2.16. The average molecular weight is 249 g/mol. The number of hydrogen-bond acceptors (Lipinski definition) is 4. The van der Waals surface area contributed by atoms with E-state index in [9.17, 15) is 4.79 Å². The van der Waals surface area contributed by atoms with Gasteiger partial charge in [0.25, 0.3) is 0 Å². The molecular weight excluding hydrogens is 238 g/mol. The third-order valence-corrected chi connectivity index (χ3v) is 3.10. The van der Waals surface area contributed by atoms with Crippen LogP contribution in [0.3, 0.4) is 0 Å². The molecule has 5 heteroatoms. The lowest BCUT2D eigenvalue weighted by Gasteiger charge is -2.04. The molecule has 0 fully saturated rings. The number of ether oxygens (including phenoxy) is 1. The second-order valence-corrected chi connectivity index (χ2v) is 4.40. The molecule has 2 aromatic rings. The molecule has 0 unspecified atom stereocenters. The van der Waals surface area contributed by atoms with Crippen LogP contribution >= 0.6 is 11.3 Å². The first-order valence-corrected chi connectivity index (χ1v) is 5.98. The summed E-state index contributed by atoms with van der Waals surface area (Å²) in [5.74, 6) is -0.628. The summed E-state index contributed by atoms with van der Waals surface area (Å²) in [6.07, 6.45) is 2.24. The summed E-state index contributed by atoms with van der Waals surface area (Å²) in [5.41, 5.74) is 0.186. The molecule has 88 valence electrons. The lowest BCUT2D eigenvalue weighted by Crippen LogP contribution is -2.03. The molecule has 2 rings (SSSR count). The topological polar surface area (TPSA) is 59.4 Å². The molecule has 0 spiro atoms. The predicted molar refractivity (Wildman–Crippen MR) is 64.7 cm³/mol. The Morgan fingerprint density at radius 2 is 2.35 bits per heavy atom. The summed E-state index contributed by atoms with van der Waals surface area (Å²) in [7, 11) is 0. The van der Waals surface area contributed by atoms with E-state index in [1.807, 2.05) is 17.5 Å². The number of rotatable bonds is 5. The molecule has 4 nitrogen and oxygen atoms in total. The van der Waals surface area contributed by atoms with Crippen molar-refractivity contribution in [2.45, 2.75) is 6.42 Å². The molecule has 0 atom stereocenters. The molecule has 0 saturated carbocycles. The molecule has 0 amide bonds. The number of hydrogen-bond donors (Lipinski definition) is 1. The van der Waals surface area contributed by atoms with E-state index in [1.165, 1.54) is 23.2 Å². The maximum Gasteiger partial charge on any atom is 0.335 e. The van der Waals surface area contributed by atoms with Crippen LogP contribution in [0.5, 0.6) is 5.88 Å². The van der Waals surface area contributed by atoms with Crippen molar-refractivity contribution >= 4 is 17.3 Å². The molecule has 2 aromatic heterocycles. The highest BCUT2D eigenvalue weighted by Crippen LogP contribution is 2.12. The quantitative estimate of drug-likeness (QED) is 0.884. The van der Waals surface area contributed by atoms with Crippen molar-refractivity contribution in [2.75, 3.05) is 6.61 Å². The minimum atomic E-state index is -0.976. The van der Waals surface area contributed by atoms with E-state index < -0.39 is 5.97 Å². The Morgan fingerprint density at radius 1 is 1.47 bits per heavy atom. The molecule has 0 aliphatic carbocycles. The zero-order valence-electron chi connectivity index (χ0n) is 9.00. The van der Waals surface area contributed by atoms with E-state index in [1.54, 1.807) is 11.3 Å². The van der Waals surface area contributed by atoms with Crippen molar-refractivity contribution in [2.24, 2.45) is 0 Å². The van der Waals surface area contributed by atoms with Crippen LogP contribution in [0.25, 0.3) is 0 Å². The van der Waals surface area contributed by atoms with Gasteiger partial charge in [-0.1, -0.05) is 6.07 Å². The number of nitrogens with zero attached hydrogens (tertiary/aromatic N) is 1. The van der Waals surface area contributed by atoms with Gasteiger partial charge < -0.3 is 9.84 Å². The summed E-state index contributed by atoms with van der Waals surface area (Å²) in [6, 6.07) is 6.89. The average Bonchev–Trinajstić information content (AvgIpc) is 2.82. The Kier molecular flexibility index (Phi) is 3.72. The zero-order chi connectivity index (χ0) is 12.1. The largest absolute Gasteiger partial charge is 0.478 e. The Hall–Kier alpha value is -1.88. The fraction of sp³-hybridized carbons (Fsp3) is 0.167. The van der Waals surface area contributed by atoms with Gasteiger partial charge in [0.15, 0.2) is 0 Å². The van der Waals surface area contributed by atoms with Gasteiger partial charge in [-0.3, -0.25) is 0 Å². The second kappa shape index (κ2) is 5.45. The van der Waals surface area contributed by atoms with Gasteiger partial charge in [-0.05, 0) is 17.5 Å². The highest BCUT2D eigenvalue weighted by Gasteiger charge is 2.04. The van der Waals surface area contributed by atoms with Gasteiger partial charge in [-0.2, -0.15) is 0 Å². The fourth-order valence-electron chi connectivity index (χ4n) is 1.33. The first-order valence-electron chi connectivity index (χ1n) is 5.10. The summed E-state index contributed by atoms with van der Waals surface area (Å²) >= 11 is 1.67. The fourth-order valence-corrected chi connectivity index (χ4v) is 2.02. The second-order valence-electron chi connectivity index (χ2n) is 3.37. The first-order chi connectivity index (χ1) is 8.25. The maximum absolute atomic E-state index is 10.7. The molecule has 0 bridgehead atoms. The van der Waals surface area contributed by atoms with Crippen LogP contribution in [0.4, 0.5) is 0 Å². The lowest BCUT2D eigenvalue weighted by molar-refractivity contribution is 0.0696. The van der Waals surface area contributed by atoms with Gasteiger partial charge in [0, 0.05) is 23.6 Å². The number of aromatic carboxylic acids is 1. The van der Waals surface area contributed by atoms with Crippen molar-refractivity contribution in [3.05, 3.63) is 46.3 Å². The van der Waals surface area contributed by atoms with Crippen molar-refractivity contribution in [1.29, 1.82) is 0 Å². The van der Waals surface area contributed by atoms with Crippen LogP contribution in [0.1, 0.15) is 15.2 Å². The minimum absolute atomic E-state index is 0.186. The van der Waals surface area contributed by atoms with E-state index in [4.69, 9.17) is 9.84 Å². The van der Waals surface area contributed by atoms with Crippen LogP contribution in [0.2, 0.25) is 0 Å². The summed E-state index contributed by atoms with van der Waals surface area (Å²) in [6.45, 7) is 0.497. The van der Waals surface area contributed by atoms with Gasteiger partial charge in [-0.25, -0.2) is 9.78 Å². The van der Waals surface area contributed by atoms with Gasteiger partial charge >= 0.3 is 5.97 Å². The molecule has 0 aliphatic rings. The number of thiophene rings is 1. The molecule has 17 heavy (non-hydrogen) atoms. The van der Waals surface area contributed by atoms with Crippen molar-refractivity contribution in [3.63, 3.8) is 0 Å². The summed E-state index contributed by atoms with van der Waals surface area (Å²) in [5, 5.41) is 10.8. The molecule has 0 aromatic carbocycles. The Labute approximate surface area is 103 Å². The van der Waals surface area contributed by atoms with Crippen molar-refractivity contribution in [1.82, 2.24) is 4.98 Å². The number of carbonyl (C=O) groups is 1. The van der Waals surface area contributed by atoms with Crippen molar-refractivity contribution in [3.8, 4) is 5.88 Å². The predicted octanol–water partition coefficient (Wildman–Crippen LogP) is 2.46. The molecular formula is C12H11NO3S. The van der Waals surface area contributed by atoms with Crippen molar-refractivity contribution < 1.29 is 14.6 Å². The van der Waals surface area contributed by atoms with Crippen LogP contribution in [0.15, 0.2) is 35.8 Å². The van der Waals surface area contributed by atoms with E-state index in [-0.39, 0.29) is 5.56 Å². The van der Waals surface area contributed by atoms with E-state index in [2.05, 4.69) is 4.98 Å². The number of pyridine rings is 1. The van der Waals surface area contributed by atoms with Crippen LogP contribution in [0, 0.1) is 0 Å². The minimum Gasteiger partial charge on any atom is -0.478 e. The van der Waals surface area contributed by atoms with Crippen LogP contribution in [-0.2, 0) is 6.42 Å². The highest BCUT2D eigenvalue weighted by atomic mass is 32.1. The first kappa shape index (κ1) is 11.6. The van der Waals surface area contributed by atoms with E-state index >= 15 is 0 Å². The van der Waals surface area contributed by atoms with Gasteiger partial charge in [-0.15, -0.1) is 11.3 Å². The molecule has 2 heterocycles. The van der Waals surface area contributed by atoms with Crippen LogP contribution in [-0.4, -0.2) is 22.7 Å². The van der Waals surface area contributed by atoms with Gasteiger partial charge in [0.1, 0.15) is 0 Å². The van der Waals surface area contributed by atoms with Gasteiger partial charge in [0.05, 0.1) is 12.2 Å². The SMILES string of the molecule is O=C(O)c1ccnc(OCCc2cccs2)c1. The molecule has 0 saturated heterocycles. The van der Waals surface area contributed by atoms with E-state index in [0.717, 1.165) is 6.42 Å². The smallest absolute Gasteiger partial charge is 0.335 e. The zero-order valence-corrected chi connectivity index (χ0v) is 9.81. The number of carboxylic acids is 1. The molecule has 0 radical (unpaired) electrons. The number of carboxylic acid groups (broad SMARTS) is 1. The summed E-state index contributed by atoms with van der Waals surface area (Å²) in [4.78, 5) is 15.9. The maximum atomic E-state index is 10.7. The lowest BCUT2D eigenvalue weighted by atomic mass is 10.3. The monoisotopic (exact) mass is 249 g/mol. The van der Waals surface area contributed by atoms with Gasteiger partial charge in [0.2, 0.25) is 5.88 Å². The molecule has 0 aliphatic heterocycles. The Balaban J connectivity index is 1.90. The number of aromatic nitrogens is 1. The summed E-state index contributed by atoms with van der Waals surface area (Å²) < 4.78 is 5.40. The van der Waals surface area contributed by atoms with Crippen LogP contribution < -0.4 is 4.74 Å².